The molecule has 0 atom stereocenters. The first-order valence-electron chi connectivity index (χ1n) is 16.6. The molecule has 0 saturated carbocycles. The van der Waals surface area contributed by atoms with Crippen molar-refractivity contribution in [2.45, 2.75) is 93.6 Å². The molecule has 0 bridgehead atoms. The minimum Gasteiger partial charge on any atom is -0.442 e. The van der Waals surface area contributed by atoms with Gasteiger partial charge in [-0.2, -0.15) is 0 Å². The molecular weight excluding hydrogens is 641 g/mol. The zero-order valence-corrected chi connectivity index (χ0v) is 29.7. The van der Waals surface area contributed by atoms with E-state index in [1.165, 1.54) is 0 Å². The summed E-state index contributed by atoms with van der Waals surface area (Å²) < 4.78 is 62.5. The normalized spacial score (nSPS) is 17.4. The number of hydrogen-bond donors (Lipinski definition) is 0. The average Bonchev–Trinajstić information content (AvgIpc) is 3.01. The van der Waals surface area contributed by atoms with Crippen LogP contribution in [0.15, 0.2) is 70.5 Å². The van der Waals surface area contributed by atoms with Crippen molar-refractivity contribution in [3.8, 4) is 0 Å². The molecule has 260 valence electrons. The Kier molecular flexibility index (Phi) is 12.0. The second kappa shape index (κ2) is 15.4. The summed E-state index contributed by atoms with van der Waals surface area (Å²) in [5.74, 6) is 0.470. The lowest BCUT2D eigenvalue weighted by molar-refractivity contribution is 0.0196. The predicted molar refractivity (Wildman–Crippen MR) is 181 cm³/mol. The third-order valence-corrected chi connectivity index (χ3v) is 13.1. The standard InChI is InChI=1S/C35H50N2O8S2/c1-34(2,26-46(40,41)30-14-7-5-8-15-30)44-32(38)36-22-18-28(19-23-36)12-11-13-29-20-24-37(25-21-29)33(39)45-35(3,4)27-47(42,43)31-16-9-6-10-17-31/h5-10,14-17,28-29H,11-13,18-27H2,1-4H3. The number of carbonyl (C=O) groups is 2. The van der Waals surface area contributed by atoms with Gasteiger partial charge < -0.3 is 19.3 Å². The van der Waals surface area contributed by atoms with Gasteiger partial charge in [0.15, 0.2) is 19.7 Å². The van der Waals surface area contributed by atoms with Gasteiger partial charge in [0.1, 0.15) is 11.2 Å². The van der Waals surface area contributed by atoms with Gasteiger partial charge in [-0.1, -0.05) is 55.7 Å². The SMILES string of the molecule is CC(C)(CS(=O)(=O)c1ccccc1)OC(=O)N1CCC(CCCC2CCN(C(=O)OC(C)(C)CS(=O)(=O)c3ccccc3)CC2)CC1. The van der Waals surface area contributed by atoms with Crippen molar-refractivity contribution in [3.05, 3.63) is 60.7 Å². The minimum atomic E-state index is -3.59. The first-order chi connectivity index (χ1) is 22.1. The number of piperidine rings is 2. The van der Waals surface area contributed by atoms with E-state index >= 15 is 0 Å². The van der Waals surface area contributed by atoms with Gasteiger partial charge in [0, 0.05) is 26.2 Å². The Morgan fingerprint density at radius 2 is 0.936 bits per heavy atom. The van der Waals surface area contributed by atoms with Gasteiger partial charge in [0.05, 0.1) is 21.3 Å². The van der Waals surface area contributed by atoms with Gasteiger partial charge >= 0.3 is 12.2 Å². The Morgan fingerprint density at radius 1 is 0.617 bits per heavy atom. The molecule has 0 spiro atoms. The quantitative estimate of drug-likeness (QED) is 0.252. The fourth-order valence-electron chi connectivity index (χ4n) is 6.50. The van der Waals surface area contributed by atoms with E-state index in [2.05, 4.69) is 0 Å². The van der Waals surface area contributed by atoms with E-state index in [1.807, 2.05) is 0 Å². The van der Waals surface area contributed by atoms with Crippen LogP contribution < -0.4 is 0 Å². The first-order valence-corrected chi connectivity index (χ1v) is 19.9. The Morgan fingerprint density at radius 3 is 1.26 bits per heavy atom. The second-order valence-corrected chi connectivity index (χ2v) is 18.2. The van der Waals surface area contributed by atoms with E-state index in [0.717, 1.165) is 44.9 Å². The van der Waals surface area contributed by atoms with Crippen LogP contribution in [0.4, 0.5) is 9.59 Å². The van der Waals surface area contributed by atoms with E-state index < -0.39 is 43.1 Å². The highest BCUT2D eigenvalue weighted by Crippen LogP contribution is 2.29. The van der Waals surface area contributed by atoms with Crippen molar-refractivity contribution >= 4 is 31.9 Å². The van der Waals surface area contributed by atoms with Gasteiger partial charge in [-0.3, -0.25) is 0 Å². The zero-order chi connectivity index (χ0) is 34.3. The largest absolute Gasteiger partial charge is 0.442 e. The highest BCUT2D eigenvalue weighted by atomic mass is 32.2. The molecule has 2 heterocycles. The van der Waals surface area contributed by atoms with Crippen LogP contribution in [0, 0.1) is 11.8 Å². The smallest absolute Gasteiger partial charge is 0.410 e. The molecular formula is C35H50N2O8S2. The van der Waals surface area contributed by atoms with Gasteiger partial charge in [-0.05, 0) is 89.5 Å². The Bertz CT molecular complexity index is 1430. The molecule has 4 rings (SSSR count). The van der Waals surface area contributed by atoms with Crippen LogP contribution in [0.3, 0.4) is 0 Å². The molecule has 2 aromatic carbocycles. The molecule has 0 aromatic heterocycles. The average molecular weight is 691 g/mol. The van der Waals surface area contributed by atoms with E-state index in [9.17, 15) is 26.4 Å². The summed E-state index contributed by atoms with van der Waals surface area (Å²) in [6.07, 6.45) is 5.85. The van der Waals surface area contributed by atoms with Gasteiger partial charge in [-0.15, -0.1) is 0 Å². The van der Waals surface area contributed by atoms with E-state index in [4.69, 9.17) is 9.47 Å². The topological polar surface area (TPSA) is 127 Å². The molecule has 0 unspecified atom stereocenters. The van der Waals surface area contributed by atoms with E-state index in [1.54, 1.807) is 98.2 Å². The summed E-state index contributed by atoms with van der Waals surface area (Å²) >= 11 is 0. The predicted octanol–water partition coefficient (Wildman–Crippen LogP) is 6.36. The number of nitrogens with zero attached hydrogens (tertiary/aromatic N) is 2. The maximum atomic E-state index is 12.9. The maximum absolute atomic E-state index is 12.9. The summed E-state index contributed by atoms with van der Waals surface area (Å²) in [7, 11) is -7.19. The van der Waals surface area contributed by atoms with Crippen LogP contribution in [-0.4, -0.2) is 87.7 Å². The van der Waals surface area contributed by atoms with Crippen molar-refractivity contribution in [1.82, 2.24) is 9.80 Å². The molecule has 2 saturated heterocycles. The fraction of sp³-hybridized carbons (Fsp3) is 0.600. The summed E-state index contributed by atoms with van der Waals surface area (Å²) in [6, 6.07) is 16.4. The number of rotatable bonds is 12. The molecule has 12 heteroatoms. The van der Waals surface area contributed by atoms with Crippen molar-refractivity contribution in [1.29, 1.82) is 0 Å². The molecule has 10 nitrogen and oxygen atoms in total. The molecule has 2 aliphatic heterocycles. The molecule has 0 N–H and O–H groups in total. The number of likely N-dealkylation sites (tertiary alicyclic amines) is 2. The monoisotopic (exact) mass is 690 g/mol. The number of carbonyl (C=O) groups excluding carboxylic acids is 2. The lowest BCUT2D eigenvalue weighted by Gasteiger charge is -2.35. The molecule has 2 aromatic rings. The number of amides is 2. The van der Waals surface area contributed by atoms with Crippen molar-refractivity contribution in [2.24, 2.45) is 11.8 Å². The summed E-state index contributed by atoms with van der Waals surface area (Å²) in [5.41, 5.74) is -2.32. The van der Waals surface area contributed by atoms with Gasteiger partial charge in [-0.25, -0.2) is 26.4 Å². The summed E-state index contributed by atoms with van der Waals surface area (Å²) in [4.78, 5) is 29.6. The van der Waals surface area contributed by atoms with Gasteiger partial charge in [0.2, 0.25) is 0 Å². The van der Waals surface area contributed by atoms with Crippen molar-refractivity contribution in [2.75, 3.05) is 37.7 Å². The zero-order valence-electron chi connectivity index (χ0n) is 28.1. The summed E-state index contributed by atoms with van der Waals surface area (Å²) in [6.45, 7) is 8.89. The Balaban J connectivity index is 1.12. The third-order valence-electron chi connectivity index (χ3n) is 8.98. The number of hydrogen-bond acceptors (Lipinski definition) is 8. The van der Waals surface area contributed by atoms with Crippen molar-refractivity contribution < 1.29 is 35.9 Å². The van der Waals surface area contributed by atoms with Crippen LogP contribution >= 0.6 is 0 Å². The van der Waals surface area contributed by atoms with Crippen LogP contribution in [0.2, 0.25) is 0 Å². The van der Waals surface area contributed by atoms with Crippen LogP contribution in [-0.2, 0) is 29.1 Å². The lowest BCUT2D eigenvalue weighted by atomic mass is 9.87. The van der Waals surface area contributed by atoms with Crippen LogP contribution in [0.25, 0.3) is 0 Å². The summed E-state index contributed by atoms with van der Waals surface area (Å²) in [5, 5.41) is 0. The Hall–Kier alpha value is -3.12. The molecule has 47 heavy (non-hydrogen) atoms. The van der Waals surface area contributed by atoms with Crippen LogP contribution in [0.5, 0.6) is 0 Å². The number of sulfone groups is 2. The fourth-order valence-corrected chi connectivity index (χ4v) is 9.93. The van der Waals surface area contributed by atoms with Gasteiger partial charge in [0.25, 0.3) is 0 Å². The van der Waals surface area contributed by atoms with E-state index in [0.29, 0.717) is 38.0 Å². The number of benzene rings is 2. The maximum Gasteiger partial charge on any atom is 0.410 e. The highest BCUT2D eigenvalue weighted by molar-refractivity contribution is 7.91. The lowest BCUT2D eigenvalue weighted by Crippen LogP contribution is -2.45. The van der Waals surface area contributed by atoms with Crippen LogP contribution in [0.1, 0.15) is 72.6 Å². The Labute approximate surface area is 280 Å². The molecule has 2 fully saturated rings. The molecule has 2 aliphatic rings. The van der Waals surface area contributed by atoms with Crippen molar-refractivity contribution in [3.63, 3.8) is 0 Å². The molecule has 0 aliphatic carbocycles. The van der Waals surface area contributed by atoms with E-state index in [-0.39, 0.29) is 21.3 Å². The third kappa shape index (κ3) is 11.0. The minimum absolute atomic E-state index is 0.215. The first kappa shape index (κ1) is 36.7. The second-order valence-electron chi connectivity index (χ2n) is 14.2. The molecule has 0 radical (unpaired) electrons. The molecule has 2 amide bonds. The number of ether oxygens (including phenoxy) is 2. The highest BCUT2D eigenvalue weighted by Gasteiger charge is 2.35.